The van der Waals surface area contributed by atoms with Crippen LogP contribution in [0.15, 0.2) is 78.9 Å². The molecule has 0 aliphatic carbocycles. The van der Waals surface area contributed by atoms with Crippen molar-refractivity contribution in [3.63, 3.8) is 0 Å². The van der Waals surface area contributed by atoms with E-state index in [1.165, 1.54) is 22.3 Å². The predicted octanol–water partition coefficient (Wildman–Crippen LogP) is 3.02. The summed E-state index contributed by atoms with van der Waals surface area (Å²) in [5.74, 6) is 0.891. The maximum absolute atomic E-state index is 12.4. The van der Waals surface area contributed by atoms with E-state index in [2.05, 4.69) is 54.0 Å². The van der Waals surface area contributed by atoms with Crippen LogP contribution in [0.2, 0.25) is 0 Å². The molecule has 0 aliphatic heterocycles. The second kappa shape index (κ2) is 10.4. The van der Waals surface area contributed by atoms with E-state index in [1.54, 1.807) is 7.11 Å². The van der Waals surface area contributed by atoms with Crippen LogP contribution in [0.25, 0.3) is 0 Å². The van der Waals surface area contributed by atoms with Crippen molar-refractivity contribution in [3.8, 4) is 5.75 Å². The van der Waals surface area contributed by atoms with Crippen LogP contribution in [0.3, 0.4) is 0 Å². The van der Waals surface area contributed by atoms with Crippen molar-refractivity contribution in [1.29, 1.82) is 0 Å². The number of methoxy groups -OCH3 is 1. The van der Waals surface area contributed by atoms with Crippen LogP contribution in [0, 0.1) is 6.92 Å². The summed E-state index contributed by atoms with van der Waals surface area (Å²) in [5, 5.41) is 5.13. The minimum atomic E-state index is 0.0477. The molecule has 0 bridgehead atoms. The number of hydrogen-bond donors (Lipinski definition) is 2. The molecule has 0 spiro atoms. The Morgan fingerprint density at radius 3 is 2.24 bits per heavy atom. The zero-order valence-corrected chi connectivity index (χ0v) is 17.1. The summed E-state index contributed by atoms with van der Waals surface area (Å²) in [6.07, 6.45) is 0.801. The Kier molecular flexibility index (Phi) is 7.42. The van der Waals surface area contributed by atoms with Crippen LogP contribution in [-0.2, 0) is 11.2 Å². The summed E-state index contributed by atoms with van der Waals surface area (Å²) in [6, 6.07) is 26.9. The lowest BCUT2D eigenvalue weighted by molar-refractivity contribution is -0.676. The van der Waals surface area contributed by atoms with Gasteiger partial charge in [-0.2, -0.15) is 0 Å². The molecule has 1 amide bonds. The Labute approximate surface area is 172 Å². The third-order valence-corrected chi connectivity index (χ3v) is 5.03. The van der Waals surface area contributed by atoms with Gasteiger partial charge < -0.3 is 15.4 Å². The lowest BCUT2D eigenvalue weighted by Gasteiger charge is -2.17. The van der Waals surface area contributed by atoms with Gasteiger partial charge in [-0.3, -0.25) is 4.79 Å². The van der Waals surface area contributed by atoms with Crippen LogP contribution in [0.1, 0.15) is 28.3 Å². The molecule has 150 valence electrons. The number of benzene rings is 3. The van der Waals surface area contributed by atoms with Gasteiger partial charge in [0.25, 0.3) is 5.91 Å². The maximum atomic E-state index is 12.4. The number of nitrogens with one attached hydrogen (secondary N) is 1. The quantitative estimate of drug-likeness (QED) is 0.591. The Morgan fingerprint density at radius 2 is 1.59 bits per heavy atom. The molecule has 0 heterocycles. The highest BCUT2D eigenvalue weighted by Crippen LogP contribution is 2.18. The van der Waals surface area contributed by atoms with E-state index in [1.807, 2.05) is 42.5 Å². The summed E-state index contributed by atoms with van der Waals surface area (Å²) in [5.41, 5.74) is 4.81. The van der Waals surface area contributed by atoms with Crippen LogP contribution < -0.4 is 15.4 Å². The van der Waals surface area contributed by atoms with Crippen LogP contribution in [0.4, 0.5) is 0 Å². The lowest BCUT2D eigenvalue weighted by atomic mass is 9.98. The predicted molar refractivity (Wildman–Crippen MR) is 116 cm³/mol. The molecule has 0 saturated carbocycles. The standard InChI is InChI=1S/C25H28N2O2/c1-19-8-12-22(13-9-19)25(21-6-4-3-5-7-21)27-18-24(28)26-17-16-20-10-14-23(29-2)15-11-20/h3-15,25,27H,16-18H2,1-2H3,(H,26,28)/p+1/t25-/m0/s1. The van der Waals surface area contributed by atoms with E-state index in [-0.39, 0.29) is 11.9 Å². The van der Waals surface area contributed by atoms with Crippen molar-refractivity contribution >= 4 is 5.91 Å². The van der Waals surface area contributed by atoms with Crippen molar-refractivity contribution in [1.82, 2.24) is 5.32 Å². The van der Waals surface area contributed by atoms with Gasteiger partial charge in [0, 0.05) is 17.7 Å². The number of ether oxygens (including phenoxy) is 1. The molecule has 0 aliphatic rings. The summed E-state index contributed by atoms with van der Waals surface area (Å²) in [7, 11) is 1.66. The largest absolute Gasteiger partial charge is 0.497 e. The molecule has 3 N–H and O–H groups in total. The molecule has 29 heavy (non-hydrogen) atoms. The highest BCUT2D eigenvalue weighted by atomic mass is 16.5. The minimum Gasteiger partial charge on any atom is -0.497 e. The number of aryl methyl sites for hydroxylation is 1. The van der Waals surface area contributed by atoms with E-state index in [0.717, 1.165) is 12.2 Å². The lowest BCUT2D eigenvalue weighted by Crippen LogP contribution is -2.87. The van der Waals surface area contributed by atoms with E-state index in [4.69, 9.17) is 4.74 Å². The maximum Gasteiger partial charge on any atom is 0.275 e. The highest BCUT2D eigenvalue weighted by molar-refractivity contribution is 5.76. The Hall–Kier alpha value is -3.11. The van der Waals surface area contributed by atoms with Gasteiger partial charge in [-0.05, 0) is 31.0 Å². The smallest absolute Gasteiger partial charge is 0.275 e. The third kappa shape index (κ3) is 6.19. The third-order valence-electron chi connectivity index (χ3n) is 5.03. The number of amides is 1. The summed E-state index contributed by atoms with van der Waals surface area (Å²) in [6.45, 7) is 3.09. The zero-order valence-electron chi connectivity index (χ0n) is 17.1. The molecular weight excluding hydrogens is 360 g/mol. The number of nitrogens with two attached hydrogens (primary N) is 1. The molecule has 1 atom stereocenters. The van der Waals surface area contributed by atoms with Gasteiger partial charge in [0.05, 0.1) is 7.11 Å². The summed E-state index contributed by atoms with van der Waals surface area (Å²) >= 11 is 0. The first-order valence-corrected chi connectivity index (χ1v) is 10.00. The topological polar surface area (TPSA) is 54.9 Å². The minimum absolute atomic E-state index is 0.0477. The van der Waals surface area contributed by atoms with Gasteiger partial charge in [0.2, 0.25) is 0 Å². The fourth-order valence-corrected chi connectivity index (χ4v) is 3.33. The van der Waals surface area contributed by atoms with Crippen LogP contribution in [-0.4, -0.2) is 26.1 Å². The van der Waals surface area contributed by atoms with Gasteiger partial charge in [-0.25, -0.2) is 0 Å². The molecular formula is C25H29N2O2+. The van der Waals surface area contributed by atoms with Crippen molar-refractivity contribution in [2.45, 2.75) is 19.4 Å². The van der Waals surface area contributed by atoms with Gasteiger partial charge >= 0.3 is 0 Å². The Balaban J connectivity index is 1.54. The molecule has 0 saturated heterocycles. The first kappa shape index (κ1) is 20.6. The van der Waals surface area contributed by atoms with Gasteiger partial charge in [-0.1, -0.05) is 72.3 Å². The monoisotopic (exact) mass is 389 g/mol. The van der Waals surface area contributed by atoms with Crippen molar-refractivity contribution < 1.29 is 14.8 Å². The van der Waals surface area contributed by atoms with E-state index >= 15 is 0 Å². The van der Waals surface area contributed by atoms with Crippen molar-refractivity contribution in [2.75, 3.05) is 20.2 Å². The zero-order chi connectivity index (χ0) is 20.5. The second-order valence-electron chi connectivity index (χ2n) is 7.19. The molecule has 3 rings (SSSR count). The number of carbonyl (C=O) groups is 1. The Morgan fingerprint density at radius 1 is 0.931 bits per heavy atom. The molecule has 3 aromatic rings. The molecule has 0 unspecified atom stereocenters. The first-order valence-electron chi connectivity index (χ1n) is 10.00. The van der Waals surface area contributed by atoms with Crippen LogP contribution in [0.5, 0.6) is 5.75 Å². The normalized spacial score (nSPS) is 11.7. The van der Waals surface area contributed by atoms with E-state index in [0.29, 0.717) is 13.1 Å². The Bertz CT molecular complexity index is 890. The number of hydrogen-bond acceptors (Lipinski definition) is 2. The second-order valence-corrected chi connectivity index (χ2v) is 7.19. The fraction of sp³-hybridized carbons (Fsp3) is 0.240. The first-order chi connectivity index (χ1) is 14.2. The van der Waals surface area contributed by atoms with Crippen molar-refractivity contribution in [3.05, 3.63) is 101 Å². The molecule has 4 nitrogen and oxygen atoms in total. The summed E-state index contributed by atoms with van der Waals surface area (Å²) in [4.78, 5) is 12.4. The molecule has 3 aromatic carbocycles. The summed E-state index contributed by atoms with van der Waals surface area (Å²) < 4.78 is 5.17. The number of carbonyl (C=O) groups excluding carboxylic acids is 1. The number of rotatable bonds is 9. The van der Waals surface area contributed by atoms with E-state index < -0.39 is 0 Å². The van der Waals surface area contributed by atoms with E-state index in [9.17, 15) is 4.79 Å². The highest BCUT2D eigenvalue weighted by Gasteiger charge is 2.18. The van der Waals surface area contributed by atoms with Gasteiger partial charge in [0.1, 0.15) is 11.8 Å². The molecule has 0 radical (unpaired) electrons. The fourth-order valence-electron chi connectivity index (χ4n) is 3.33. The SMILES string of the molecule is COc1ccc(CCNC(=O)C[NH2+][C@@H](c2ccccc2)c2ccc(C)cc2)cc1. The molecule has 0 aromatic heterocycles. The van der Waals surface area contributed by atoms with Crippen LogP contribution >= 0.6 is 0 Å². The average Bonchev–Trinajstić information content (AvgIpc) is 2.76. The average molecular weight is 390 g/mol. The van der Waals surface area contributed by atoms with Gasteiger partial charge in [0.15, 0.2) is 6.54 Å². The number of quaternary nitrogens is 1. The van der Waals surface area contributed by atoms with Crippen molar-refractivity contribution in [2.24, 2.45) is 0 Å². The van der Waals surface area contributed by atoms with Gasteiger partial charge in [-0.15, -0.1) is 0 Å². The molecule has 4 heteroatoms. The molecule has 0 fully saturated rings.